The third-order valence-electron chi connectivity index (χ3n) is 11.0. The molecular weight excluding hydrogens is 687 g/mol. The van der Waals surface area contributed by atoms with Gasteiger partial charge < -0.3 is 15.5 Å². The molecule has 0 aliphatic heterocycles. The third kappa shape index (κ3) is 43.2. The van der Waals surface area contributed by atoms with Crippen LogP contribution >= 0.6 is 0 Å². The maximum atomic E-state index is 12.4. The van der Waals surface area contributed by atoms with Crippen LogP contribution in [-0.4, -0.2) is 34.9 Å². The molecule has 326 valence electrons. The zero-order valence-corrected chi connectivity index (χ0v) is 37.4. The van der Waals surface area contributed by atoms with Crippen LogP contribution in [-0.2, 0) is 4.79 Å². The van der Waals surface area contributed by atoms with Gasteiger partial charge in [0.05, 0.1) is 18.8 Å². The van der Waals surface area contributed by atoms with Gasteiger partial charge in [0.1, 0.15) is 0 Å². The number of hydrogen-bond donors (Lipinski definition) is 3. The SMILES string of the molecule is CC/C=C\C/C=C\CCCCCCCCCCCCCCCCC(=O)NC(CO)C(O)/C=C/CC/C=C/CC/C=C/CCCCCCCCCCCCCCC. The number of unbranched alkanes of at least 4 members (excludes halogenated alkanes) is 29. The predicted octanol–water partition coefficient (Wildman–Crippen LogP) is 15.7. The standard InChI is InChI=1S/C52H95NO3/c1-3-5-7-9-11-13-15-17-19-21-23-25-26-28-29-31-33-35-37-39-41-43-45-47-51(55)50(49-54)53-52(56)48-46-44-42-40-38-36-34-32-30-27-24-22-20-18-16-14-12-10-8-6-4-2/h6,8,12,14,29,31,37,39,45,47,50-51,54-55H,3-5,7,9-11,13,15-28,30,32-36,38,40-44,46,48-49H2,1-2H3,(H,53,56)/b8-6-,14-12-,31-29+,39-37+,47-45+. The van der Waals surface area contributed by atoms with E-state index in [0.717, 1.165) is 51.4 Å². The van der Waals surface area contributed by atoms with E-state index in [2.05, 4.69) is 67.8 Å². The number of aliphatic hydroxyl groups excluding tert-OH is 2. The molecular formula is C52H95NO3. The Morgan fingerprint density at radius 3 is 1.23 bits per heavy atom. The Hall–Kier alpha value is -1.91. The number of rotatable bonds is 44. The van der Waals surface area contributed by atoms with Crippen molar-refractivity contribution < 1.29 is 15.0 Å². The molecule has 1 amide bonds. The minimum Gasteiger partial charge on any atom is -0.394 e. The summed E-state index contributed by atoms with van der Waals surface area (Å²) in [6.07, 6.45) is 66.4. The van der Waals surface area contributed by atoms with Gasteiger partial charge >= 0.3 is 0 Å². The second kappa shape index (κ2) is 47.5. The number of carbonyl (C=O) groups is 1. The van der Waals surface area contributed by atoms with E-state index in [9.17, 15) is 15.0 Å². The summed E-state index contributed by atoms with van der Waals surface area (Å²) in [4.78, 5) is 12.4. The number of carbonyl (C=O) groups excluding carboxylic acids is 1. The fraction of sp³-hybridized carbons (Fsp3) is 0.788. The summed E-state index contributed by atoms with van der Waals surface area (Å²) < 4.78 is 0. The summed E-state index contributed by atoms with van der Waals surface area (Å²) in [5.41, 5.74) is 0. The summed E-state index contributed by atoms with van der Waals surface area (Å²) in [7, 11) is 0. The number of aliphatic hydroxyl groups is 2. The first-order chi connectivity index (χ1) is 27.7. The monoisotopic (exact) mass is 782 g/mol. The smallest absolute Gasteiger partial charge is 0.220 e. The normalized spacial score (nSPS) is 13.4. The maximum Gasteiger partial charge on any atom is 0.220 e. The van der Waals surface area contributed by atoms with Crippen LogP contribution in [0.3, 0.4) is 0 Å². The van der Waals surface area contributed by atoms with E-state index in [1.54, 1.807) is 6.08 Å². The second-order valence-electron chi connectivity index (χ2n) is 16.5. The van der Waals surface area contributed by atoms with Crippen molar-refractivity contribution in [2.45, 2.75) is 257 Å². The lowest BCUT2D eigenvalue weighted by molar-refractivity contribution is -0.123. The fourth-order valence-corrected chi connectivity index (χ4v) is 7.25. The van der Waals surface area contributed by atoms with Crippen molar-refractivity contribution >= 4 is 5.91 Å². The Morgan fingerprint density at radius 1 is 0.446 bits per heavy atom. The lowest BCUT2D eigenvalue weighted by atomic mass is 10.0. The summed E-state index contributed by atoms with van der Waals surface area (Å²) in [5.74, 6) is -0.0786. The molecule has 56 heavy (non-hydrogen) atoms. The van der Waals surface area contributed by atoms with Crippen molar-refractivity contribution in [1.29, 1.82) is 0 Å². The highest BCUT2D eigenvalue weighted by molar-refractivity contribution is 5.76. The van der Waals surface area contributed by atoms with E-state index in [0.29, 0.717) is 6.42 Å². The Bertz CT molecular complexity index is 934. The first kappa shape index (κ1) is 54.1. The molecule has 0 rings (SSSR count). The Kier molecular flexibility index (Phi) is 45.8. The molecule has 4 nitrogen and oxygen atoms in total. The number of hydrogen-bond acceptors (Lipinski definition) is 3. The Labute approximate surface area is 349 Å². The Morgan fingerprint density at radius 2 is 0.804 bits per heavy atom. The predicted molar refractivity (Wildman–Crippen MR) is 248 cm³/mol. The molecule has 0 saturated carbocycles. The van der Waals surface area contributed by atoms with E-state index in [-0.39, 0.29) is 12.5 Å². The summed E-state index contributed by atoms with van der Waals surface area (Å²) in [5, 5.41) is 23.1. The van der Waals surface area contributed by atoms with Crippen LogP contribution in [0.1, 0.15) is 245 Å². The molecule has 3 N–H and O–H groups in total. The van der Waals surface area contributed by atoms with Gasteiger partial charge in [0.2, 0.25) is 5.91 Å². The molecule has 0 aliphatic rings. The minimum atomic E-state index is -0.872. The zero-order chi connectivity index (χ0) is 40.7. The molecule has 2 atom stereocenters. The average molecular weight is 782 g/mol. The van der Waals surface area contributed by atoms with Gasteiger partial charge in [-0.2, -0.15) is 0 Å². The van der Waals surface area contributed by atoms with Crippen molar-refractivity contribution in [1.82, 2.24) is 5.32 Å². The molecule has 0 aliphatic carbocycles. The van der Waals surface area contributed by atoms with E-state index in [1.807, 2.05) is 6.08 Å². The molecule has 0 aromatic carbocycles. The van der Waals surface area contributed by atoms with Gasteiger partial charge in [0.15, 0.2) is 0 Å². The van der Waals surface area contributed by atoms with Gasteiger partial charge in [0, 0.05) is 6.42 Å². The number of amides is 1. The van der Waals surface area contributed by atoms with E-state index >= 15 is 0 Å². The first-order valence-corrected chi connectivity index (χ1v) is 24.5. The molecule has 0 spiro atoms. The lowest BCUT2D eigenvalue weighted by Crippen LogP contribution is -2.45. The third-order valence-corrected chi connectivity index (χ3v) is 11.0. The lowest BCUT2D eigenvalue weighted by Gasteiger charge is -2.19. The van der Waals surface area contributed by atoms with Crippen molar-refractivity contribution in [2.75, 3.05) is 6.61 Å². The highest BCUT2D eigenvalue weighted by atomic mass is 16.3. The first-order valence-electron chi connectivity index (χ1n) is 24.5. The van der Waals surface area contributed by atoms with Gasteiger partial charge in [-0.25, -0.2) is 0 Å². The second-order valence-corrected chi connectivity index (χ2v) is 16.5. The molecule has 4 heteroatoms. The summed E-state index contributed by atoms with van der Waals surface area (Å²) >= 11 is 0. The van der Waals surface area contributed by atoms with Crippen molar-refractivity contribution in [3.05, 3.63) is 60.8 Å². The van der Waals surface area contributed by atoms with Gasteiger partial charge in [0.25, 0.3) is 0 Å². The van der Waals surface area contributed by atoms with Gasteiger partial charge in [-0.1, -0.05) is 229 Å². The van der Waals surface area contributed by atoms with E-state index < -0.39 is 12.1 Å². The number of allylic oxidation sites excluding steroid dienone is 9. The molecule has 0 radical (unpaired) electrons. The van der Waals surface area contributed by atoms with E-state index in [1.165, 1.54) is 173 Å². The van der Waals surface area contributed by atoms with Crippen LogP contribution in [0.2, 0.25) is 0 Å². The van der Waals surface area contributed by atoms with Crippen molar-refractivity contribution in [3.63, 3.8) is 0 Å². The van der Waals surface area contributed by atoms with Gasteiger partial charge in [-0.05, 0) is 70.6 Å². The Balaban J connectivity index is 3.60. The summed E-state index contributed by atoms with van der Waals surface area (Å²) in [6, 6.07) is -0.647. The quantitative estimate of drug-likeness (QED) is 0.0426. The van der Waals surface area contributed by atoms with Crippen LogP contribution in [0.15, 0.2) is 60.8 Å². The van der Waals surface area contributed by atoms with Crippen LogP contribution in [0, 0.1) is 0 Å². The molecule has 0 heterocycles. The van der Waals surface area contributed by atoms with Gasteiger partial charge in [-0.15, -0.1) is 0 Å². The van der Waals surface area contributed by atoms with E-state index in [4.69, 9.17) is 0 Å². The van der Waals surface area contributed by atoms with Crippen LogP contribution < -0.4 is 5.32 Å². The fourth-order valence-electron chi connectivity index (χ4n) is 7.25. The maximum absolute atomic E-state index is 12.4. The molecule has 0 bridgehead atoms. The highest BCUT2D eigenvalue weighted by Gasteiger charge is 2.17. The number of nitrogens with one attached hydrogen (secondary N) is 1. The zero-order valence-electron chi connectivity index (χ0n) is 37.4. The molecule has 2 unspecified atom stereocenters. The summed E-state index contributed by atoms with van der Waals surface area (Å²) in [6.45, 7) is 4.20. The van der Waals surface area contributed by atoms with Crippen LogP contribution in [0.4, 0.5) is 0 Å². The van der Waals surface area contributed by atoms with Gasteiger partial charge in [-0.3, -0.25) is 4.79 Å². The minimum absolute atomic E-state index is 0.0786. The van der Waals surface area contributed by atoms with Crippen LogP contribution in [0.25, 0.3) is 0 Å². The highest BCUT2D eigenvalue weighted by Crippen LogP contribution is 2.15. The molecule has 0 fully saturated rings. The molecule has 0 aromatic heterocycles. The van der Waals surface area contributed by atoms with Crippen molar-refractivity contribution in [3.8, 4) is 0 Å². The average Bonchev–Trinajstić information content (AvgIpc) is 3.20. The molecule has 0 aromatic rings. The topological polar surface area (TPSA) is 69.6 Å². The molecule has 0 saturated heterocycles. The largest absolute Gasteiger partial charge is 0.394 e. The van der Waals surface area contributed by atoms with Crippen molar-refractivity contribution in [2.24, 2.45) is 0 Å². The van der Waals surface area contributed by atoms with Crippen LogP contribution in [0.5, 0.6) is 0 Å².